The van der Waals surface area contributed by atoms with Crippen LogP contribution in [0.15, 0.2) is 29.3 Å². The summed E-state index contributed by atoms with van der Waals surface area (Å²) in [7, 11) is 1.64. The van der Waals surface area contributed by atoms with Crippen molar-refractivity contribution in [1.82, 2.24) is 20.4 Å². The van der Waals surface area contributed by atoms with Gasteiger partial charge in [0.25, 0.3) is 0 Å². The molecule has 52 heavy (non-hydrogen) atoms. The van der Waals surface area contributed by atoms with Crippen molar-refractivity contribution in [3.8, 4) is 0 Å². The maximum atomic E-state index is 13.4. The molecule has 1 fully saturated rings. The predicted octanol–water partition coefficient (Wildman–Crippen LogP) is 2.89. The predicted molar refractivity (Wildman–Crippen MR) is 197 cm³/mol. The van der Waals surface area contributed by atoms with E-state index in [-0.39, 0.29) is 68.1 Å². The molecule has 5 amide bonds. The number of nitrogens with one attached hydrogen (secondary N) is 3. The van der Waals surface area contributed by atoms with E-state index in [4.69, 9.17) is 20.9 Å². The van der Waals surface area contributed by atoms with E-state index in [1.807, 2.05) is 0 Å². The van der Waals surface area contributed by atoms with Crippen LogP contribution in [-0.2, 0) is 35.3 Å². The van der Waals surface area contributed by atoms with Crippen molar-refractivity contribution in [2.75, 3.05) is 32.0 Å². The van der Waals surface area contributed by atoms with Crippen LogP contribution in [0.4, 0.5) is 15.3 Å². The second-order valence-electron chi connectivity index (χ2n) is 14.0. The van der Waals surface area contributed by atoms with E-state index in [2.05, 4.69) is 20.9 Å². The highest BCUT2D eigenvalue weighted by atomic mass is 16.6. The van der Waals surface area contributed by atoms with Crippen molar-refractivity contribution in [2.45, 2.75) is 111 Å². The quantitative estimate of drug-likeness (QED) is 0.0794. The van der Waals surface area contributed by atoms with Gasteiger partial charge in [0.05, 0.1) is 12.1 Å². The molecule has 0 aromatic heterocycles. The van der Waals surface area contributed by atoms with Gasteiger partial charge in [0.1, 0.15) is 24.5 Å². The van der Waals surface area contributed by atoms with Gasteiger partial charge in [0, 0.05) is 51.1 Å². The van der Waals surface area contributed by atoms with Gasteiger partial charge >= 0.3 is 12.2 Å². The first kappa shape index (κ1) is 43.3. The Hall–Kier alpha value is -4.89. The number of hydrogen-bond acceptors (Lipinski definition) is 9. The van der Waals surface area contributed by atoms with Gasteiger partial charge in [-0.3, -0.25) is 24.2 Å². The second-order valence-corrected chi connectivity index (χ2v) is 14.0. The highest BCUT2D eigenvalue weighted by Gasteiger charge is 2.32. The van der Waals surface area contributed by atoms with Gasteiger partial charge in [-0.15, -0.1) is 0 Å². The van der Waals surface area contributed by atoms with Crippen LogP contribution in [0.25, 0.3) is 0 Å². The molecule has 0 saturated carbocycles. The topological polar surface area (TPSA) is 228 Å². The van der Waals surface area contributed by atoms with Gasteiger partial charge in [-0.2, -0.15) is 0 Å². The Bertz CT molecular complexity index is 1390. The average Bonchev–Trinajstić information content (AvgIpc) is 3.54. The summed E-state index contributed by atoms with van der Waals surface area (Å²) in [6.07, 6.45) is 0.980. The van der Waals surface area contributed by atoms with E-state index < -0.39 is 42.0 Å². The Morgan fingerprint density at radius 1 is 0.962 bits per heavy atom. The lowest BCUT2D eigenvalue weighted by molar-refractivity contribution is -0.132. The number of hydrogen-bond donors (Lipinski definition) is 5. The van der Waals surface area contributed by atoms with Crippen molar-refractivity contribution in [2.24, 2.45) is 28.3 Å². The third kappa shape index (κ3) is 15.2. The van der Waals surface area contributed by atoms with Crippen LogP contribution in [0, 0.1) is 11.8 Å². The van der Waals surface area contributed by atoms with E-state index in [0.29, 0.717) is 30.8 Å². The standard InChI is InChI=1S/C36H58N8O8/c1-22(2)29(45)16-17-30(46)42-31(23(3)4)33(48)41-28(11-8-18-39-34(37)38)32(47)40-26-14-12-25(13-15-26)21-51-36(50)44-19-9-10-27(44)20-43(7)35(49)52-24(5)6/h12-15,22-24,27-28,31H,8-11,16-21H2,1-7H3,(H,40,47)(H,41,48)(H,42,46)(H4,37,38,39)/t27-,28-,31-/m0/s1. The monoisotopic (exact) mass is 730 g/mol. The normalized spacial score (nSPS) is 15.1. The highest BCUT2D eigenvalue weighted by molar-refractivity contribution is 5.98. The van der Waals surface area contributed by atoms with Crippen molar-refractivity contribution >= 4 is 47.3 Å². The van der Waals surface area contributed by atoms with Gasteiger partial charge < -0.3 is 46.7 Å². The van der Waals surface area contributed by atoms with Crippen LogP contribution < -0.4 is 27.4 Å². The van der Waals surface area contributed by atoms with Crippen molar-refractivity contribution in [3.63, 3.8) is 0 Å². The molecular weight excluding hydrogens is 672 g/mol. The van der Waals surface area contributed by atoms with Crippen LogP contribution in [0.1, 0.15) is 85.6 Å². The fourth-order valence-corrected chi connectivity index (χ4v) is 5.43. The Labute approximate surface area is 306 Å². The maximum absolute atomic E-state index is 13.4. The number of benzene rings is 1. The van der Waals surface area contributed by atoms with E-state index in [0.717, 1.165) is 12.8 Å². The molecule has 1 aromatic rings. The number of nitrogens with two attached hydrogens (primary N) is 2. The SMILES string of the molecule is CC(C)OC(=O)N(C)C[C@@H]1CCCN1C(=O)OCc1ccc(NC(=O)[C@H](CCCN=C(N)N)NC(=O)[C@@H](NC(=O)CCC(=O)C(C)C)C(C)C)cc1. The lowest BCUT2D eigenvalue weighted by atomic mass is 10.0. The second kappa shape index (κ2) is 21.5. The minimum absolute atomic E-state index is 0.00107. The molecule has 290 valence electrons. The zero-order valence-corrected chi connectivity index (χ0v) is 31.6. The molecular formula is C36H58N8O8. The summed E-state index contributed by atoms with van der Waals surface area (Å²) < 4.78 is 10.8. The Balaban J connectivity index is 2.02. The van der Waals surface area contributed by atoms with Gasteiger partial charge in [-0.25, -0.2) is 9.59 Å². The number of ether oxygens (including phenoxy) is 2. The molecule has 3 atom stereocenters. The van der Waals surface area contributed by atoms with Gasteiger partial charge in [0.15, 0.2) is 5.96 Å². The number of guanidine groups is 1. The lowest BCUT2D eigenvalue weighted by Gasteiger charge is -2.28. The molecule has 0 radical (unpaired) electrons. The number of anilines is 1. The van der Waals surface area contributed by atoms with Gasteiger partial charge in [-0.05, 0) is 63.1 Å². The fourth-order valence-electron chi connectivity index (χ4n) is 5.43. The minimum Gasteiger partial charge on any atom is -0.447 e. The molecule has 1 aliphatic heterocycles. The van der Waals surface area contributed by atoms with Crippen LogP contribution in [-0.4, -0.2) is 102 Å². The molecule has 16 heteroatoms. The Morgan fingerprint density at radius 3 is 2.23 bits per heavy atom. The first-order chi connectivity index (χ1) is 24.5. The molecule has 1 aliphatic rings. The third-order valence-corrected chi connectivity index (χ3v) is 8.41. The number of amides is 5. The largest absolute Gasteiger partial charge is 0.447 e. The molecule has 7 N–H and O–H groups in total. The van der Waals surface area contributed by atoms with Gasteiger partial charge in [-0.1, -0.05) is 39.8 Å². The fraction of sp³-hybridized carbons (Fsp3) is 0.639. The molecule has 16 nitrogen and oxygen atoms in total. The first-order valence-corrected chi connectivity index (χ1v) is 17.9. The summed E-state index contributed by atoms with van der Waals surface area (Å²) in [5.41, 5.74) is 12.0. The molecule has 0 bridgehead atoms. The number of rotatable bonds is 19. The molecule has 0 spiro atoms. The number of nitrogens with zero attached hydrogens (tertiary/aromatic N) is 3. The summed E-state index contributed by atoms with van der Waals surface area (Å²) in [4.78, 5) is 83.6. The number of aliphatic imine (C=N–C) groups is 1. The Morgan fingerprint density at radius 2 is 1.63 bits per heavy atom. The summed E-state index contributed by atoms with van der Waals surface area (Å²) in [6.45, 7) is 11.7. The van der Waals surface area contributed by atoms with Crippen LogP contribution in [0.5, 0.6) is 0 Å². The summed E-state index contributed by atoms with van der Waals surface area (Å²) in [5, 5.41) is 8.27. The number of carbonyl (C=O) groups is 6. The van der Waals surface area contributed by atoms with E-state index in [1.54, 1.807) is 77.8 Å². The van der Waals surface area contributed by atoms with Crippen molar-refractivity contribution in [1.29, 1.82) is 0 Å². The smallest absolute Gasteiger partial charge is 0.410 e. The zero-order chi connectivity index (χ0) is 39.0. The van der Waals surface area contributed by atoms with Gasteiger partial charge in [0.2, 0.25) is 17.7 Å². The number of likely N-dealkylation sites (tertiary alicyclic amines) is 1. The third-order valence-electron chi connectivity index (χ3n) is 8.41. The maximum Gasteiger partial charge on any atom is 0.410 e. The molecule has 1 saturated heterocycles. The molecule has 1 aromatic carbocycles. The number of carbonyl (C=O) groups excluding carboxylic acids is 6. The highest BCUT2D eigenvalue weighted by Crippen LogP contribution is 2.21. The number of Topliss-reactive ketones (excluding diaryl/α,β-unsaturated/α-hetero) is 1. The van der Waals surface area contributed by atoms with Crippen LogP contribution in [0.2, 0.25) is 0 Å². The first-order valence-electron chi connectivity index (χ1n) is 17.9. The zero-order valence-electron chi connectivity index (χ0n) is 31.6. The minimum atomic E-state index is -0.984. The summed E-state index contributed by atoms with van der Waals surface area (Å²) in [5.74, 6) is -2.10. The Kier molecular flexibility index (Phi) is 17.9. The molecule has 0 aliphatic carbocycles. The summed E-state index contributed by atoms with van der Waals surface area (Å²) in [6, 6.07) is 4.63. The average molecular weight is 731 g/mol. The summed E-state index contributed by atoms with van der Waals surface area (Å²) >= 11 is 0. The molecule has 2 rings (SSSR count). The van der Waals surface area contributed by atoms with Crippen LogP contribution in [0.3, 0.4) is 0 Å². The van der Waals surface area contributed by atoms with E-state index in [9.17, 15) is 28.8 Å². The number of ketones is 1. The number of likely N-dealkylation sites (N-methyl/N-ethyl adjacent to an activating group) is 1. The molecule has 1 heterocycles. The van der Waals surface area contributed by atoms with Crippen molar-refractivity contribution in [3.05, 3.63) is 29.8 Å². The molecule has 0 unspecified atom stereocenters. The van der Waals surface area contributed by atoms with Crippen molar-refractivity contribution < 1.29 is 38.2 Å². The van der Waals surface area contributed by atoms with Crippen LogP contribution >= 0.6 is 0 Å². The lowest BCUT2D eigenvalue weighted by Crippen LogP contribution is -2.54. The van der Waals surface area contributed by atoms with E-state index >= 15 is 0 Å². The van der Waals surface area contributed by atoms with E-state index in [1.165, 1.54) is 4.90 Å².